The number of carboxylic acid groups (broad SMARTS) is 1. The van der Waals surface area contributed by atoms with E-state index in [1.165, 1.54) is 0 Å². The Balaban J connectivity index is 2.13. The Morgan fingerprint density at radius 1 is 1.43 bits per heavy atom. The second-order valence-electron chi connectivity index (χ2n) is 3.55. The fraction of sp³-hybridized carbons (Fsp3) is 0.250. The van der Waals surface area contributed by atoms with Gasteiger partial charge >= 0.3 is 5.97 Å². The zero-order chi connectivity index (χ0) is 10.1. The first-order valence-electron chi connectivity index (χ1n) is 4.51. The molecule has 0 saturated heterocycles. The van der Waals surface area contributed by atoms with Crippen molar-refractivity contribution >= 4 is 5.97 Å². The summed E-state index contributed by atoms with van der Waals surface area (Å²) in [4.78, 5) is 10.6. The Morgan fingerprint density at radius 3 is 2.50 bits per heavy atom. The second-order valence-corrected chi connectivity index (χ2v) is 3.55. The molecule has 0 spiro atoms. The van der Waals surface area contributed by atoms with Gasteiger partial charge in [0.1, 0.15) is 0 Å². The van der Waals surface area contributed by atoms with Gasteiger partial charge < -0.3 is 5.11 Å². The average Bonchev–Trinajstić information content (AvgIpc) is 2.97. The third kappa shape index (κ3) is 1.49. The molecule has 1 aromatic carbocycles. The minimum Gasteiger partial charge on any atom is -0.481 e. The predicted molar refractivity (Wildman–Crippen MR) is 52.9 cm³/mol. The highest BCUT2D eigenvalue weighted by Crippen LogP contribution is 2.47. The van der Waals surface area contributed by atoms with Gasteiger partial charge in [-0.15, -0.1) is 6.42 Å². The average molecular weight is 186 g/mol. The van der Waals surface area contributed by atoms with Crippen LogP contribution in [0.1, 0.15) is 23.5 Å². The predicted octanol–water partition coefficient (Wildman–Crippen LogP) is 1.86. The molecule has 1 aliphatic rings. The van der Waals surface area contributed by atoms with E-state index in [1.54, 1.807) is 0 Å². The van der Waals surface area contributed by atoms with Crippen LogP contribution in [0.4, 0.5) is 0 Å². The zero-order valence-corrected chi connectivity index (χ0v) is 7.60. The van der Waals surface area contributed by atoms with Crippen LogP contribution in [0.15, 0.2) is 24.3 Å². The van der Waals surface area contributed by atoms with Crippen LogP contribution in [0.3, 0.4) is 0 Å². The summed E-state index contributed by atoms with van der Waals surface area (Å²) >= 11 is 0. The molecule has 2 rings (SSSR count). The van der Waals surface area contributed by atoms with Gasteiger partial charge in [-0.05, 0) is 30.0 Å². The lowest BCUT2D eigenvalue weighted by molar-refractivity contribution is -0.138. The van der Waals surface area contributed by atoms with Crippen LogP contribution in [0, 0.1) is 18.3 Å². The molecule has 2 nitrogen and oxygen atoms in total. The fourth-order valence-corrected chi connectivity index (χ4v) is 1.66. The molecule has 70 valence electrons. The van der Waals surface area contributed by atoms with Gasteiger partial charge in [0, 0.05) is 5.56 Å². The van der Waals surface area contributed by atoms with Gasteiger partial charge in [0.25, 0.3) is 0 Å². The van der Waals surface area contributed by atoms with Crippen molar-refractivity contribution in [1.29, 1.82) is 0 Å². The van der Waals surface area contributed by atoms with Crippen LogP contribution in [0.5, 0.6) is 0 Å². The molecule has 0 heterocycles. The van der Waals surface area contributed by atoms with E-state index in [9.17, 15) is 4.79 Å². The van der Waals surface area contributed by atoms with Gasteiger partial charge in [0.2, 0.25) is 0 Å². The molecule has 1 saturated carbocycles. The summed E-state index contributed by atoms with van der Waals surface area (Å²) in [5, 5.41) is 8.75. The van der Waals surface area contributed by atoms with E-state index in [0.29, 0.717) is 0 Å². The number of hydrogen-bond acceptors (Lipinski definition) is 1. The molecule has 0 aromatic heterocycles. The normalized spacial score (nSPS) is 23.9. The van der Waals surface area contributed by atoms with E-state index in [1.807, 2.05) is 24.3 Å². The smallest absolute Gasteiger partial charge is 0.307 e. The Labute approximate surface area is 82.6 Å². The molecular weight excluding hydrogens is 176 g/mol. The maximum absolute atomic E-state index is 10.6. The molecule has 0 unspecified atom stereocenters. The van der Waals surface area contributed by atoms with Gasteiger partial charge in [-0.2, -0.15) is 0 Å². The van der Waals surface area contributed by atoms with Crippen molar-refractivity contribution < 1.29 is 9.90 Å². The highest BCUT2D eigenvalue weighted by atomic mass is 16.4. The molecule has 1 aromatic rings. The molecule has 1 aliphatic carbocycles. The van der Waals surface area contributed by atoms with Crippen molar-refractivity contribution in [3.05, 3.63) is 35.4 Å². The molecule has 2 heteroatoms. The summed E-state index contributed by atoms with van der Waals surface area (Å²) < 4.78 is 0. The summed E-state index contributed by atoms with van der Waals surface area (Å²) in [7, 11) is 0. The molecule has 0 radical (unpaired) electrons. The quantitative estimate of drug-likeness (QED) is 0.716. The summed E-state index contributed by atoms with van der Waals surface area (Å²) in [6.45, 7) is 0. The number of rotatable bonds is 2. The van der Waals surface area contributed by atoms with Gasteiger partial charge in [-0.1, -0.05) is 18.1 Å². The van der Waals surface area contributed by atoms with Crippen LogP contribution >= 0.6 is 0 Å². The number of carbonyl (C=O) groups is 1. The molecule has 14 heavy (non-hydrogen) atoms. The van der Waals surface area contributed by atoms with E-state index >= 15 is 0 Å². The molecule has 0 bridgehead atoms. The lowest BCUT2D eigenvalue weighted by atomic mass is 10.1. The van der Waals surface area contributed by atoms with E-state index in [4.69, 9.17) is 11.5 Å². The lowest BCUT2D eigenvalue weighted by Gasteiger charge is -1.98. The van der Waals surface area contributed by atoms with Crippen molar-refractivity contribution in [2.75, 3.05) is 0 Å². The Kier molecular flexibility index (Phi) is 2.01. The Bertz CT molecular complexity index is 397. The maximum Gasteiger partial charge on any atom is 0.307 e. The number of terminal acetylenes is 1. The molecular formula is C12H10O2. The zero-order valence-electron chi connectivity index (χ0n) is 7.60. The van der Waals surface area contributed by atoms with Crippen LogP contribution in [0.25, 0.3) is 0 Å². The van der Waals surface area contributed by atoms with Crippen molar-refractivity contribution in [3.8, 4) is 12.3 Å². The standard InChI is InChI=1S/C12H10O2/c1-2-8-3-5-9(6-4-8)10-7-11(10)12(13)14/h1,3-6,10-11H,7H2,(H,13,14)/t10-,11+/m0/s1. The first-order valence-corrected chi connectivity index (χ1v) is 4.51. The summed E-state index contributed by atoms with van der Waals surface area (Å²) in [6, 6.07) is 7.55. The monoisotopic (exact) mass is 186 g/mol. The number of aliphatic carboxylic acids is 1. The topological polar surface area (TPSA) is 37.3 Å². The Hall–Kier alpha value is -1.75. The van der Waals surface area contributed by atoms with Crippen LogP contribution in [0.2, 0.25) is 0 Å². The lowest BCUT2D eigenvalue weighted by Crippen LogP contribution is -1.98. The van der Waals surface area contributed by atoms with E-state index in [2.05, 4.69) is 5.92 Å². The highest BCUT2D eigenvalue weighted by molar-refractivity contribution is 5.75. The summed E-state index contributed by atoms with van der Waals surface area (Å²) in [5.41, 5.74) is 1.91. The second kappa shape index (κ2) is 3.19. The van der Waals surface area contributed by atoms with Crippen molar-refractivity contribution in [3.63, 3.8) is 0 Å². The van der Waals surface area contributed by atoms with Crippen molar-refractivity contribution in [1.82, 2.24) is 0 Å². The minimum absolute atomic E-state index is 0.188. The number of hydrogen-bond donors (Lipinski definition) is 1. The number of benzene rings is 1. The number of carboxylic acids is 1. The summed E-state index contributed by atoms with van der Waals surface area (Å²) in [6.07, 6.45) is 5.98. The van der Waals surface area contributed by atoms with Crippen LogP contribution in [-0.4, -0.2) is 11.1 Å². The van der Waals surface area contributed by atoms with Crippen LogP contribution < -0.4 is 0 Å². The Morgan fingerprint density at radius 2 is 2.07 bits per heavy atom. The van der Waals surface area contributed by atoms with Gasteiger partial charge in [-0.25, -0.2) is 0 Å². The van der Waals surface area contributed by atoms with Crippen molar-refractivity contribution in [2.45, 2.75) is 12.3 Å². The summed E-state index contributed by atoms with van der Waals surface area (Å²) in [5.74, 6) is 1.84. The third-order valence-electron chi connectivity index (χ3n) is 2.61. The van der Waals surface area contributed by atoms with Gasteiger partial charge in [0.15, 0.2) is 0 Å². The first-order chi connectivity index (χ1) is 6.72. The SMILES string of the molecule is C#Cc1ccc([C@@H]2C[C@H]2C(=O)O)cc1. The minimum atomic E-state index is -0.698. The van der Waals surface area contributed by atoms with Gasteiger partial charge in [-0.3, -0.25) is 4.79 Å². The molecule has 1 fully saturated rings. The molecule has 2 atom stereocenters. The largest absolute Gasteiger partial charge is 0.481 e. The molecule has 0 aliphatic heterocycles. The van der Waals surface area contributed by atoms with Gasteiger partial charge in [0.05, 0.1) is 5.92 Å². The maximum atomic E-state index is 10.6. The van der Waals surface area contributed by atoms with E-state index < -0.39 is 5.97 Å². The molecule has 1 N–H and O–H groups in total. The van der Waals surface area contributed by atoms with E-state index in [-0.39, 0.29) is 11.8 Å². The fourth-order valence-electron chi connectivity index (χ4n) is 1.66. The molecule has 0 amide bonds. The van der Waals surface area contributed by atoms with E-state index in [0.717, 1.165) is 17.5 Å². The van der Waals surface area contributed by atoms with Crippen LogP contribution in [-0.2, 0) is 4.79 Å². The first kappa shape index (κ1) is 8.83. The highest BCUT2D eigenvalue weighted by Gasteiger charge is 2.43. The van der Waals surface area contributed by atoms with Crippen molar-refractivity contribution in [2.24, 2.45) is 5.92 Å². The third-order valence-corrected chi connectivity index (χ3v) is 2.61.